The Kier molecular flexibility index (Phi) is 4.55. The predicted octanol–water partition coefficient (Wildman–Crippen LogP) is 3.35. The summed E-state index contributed by atoms with van der Waals surface area (Å²) in [6, 6.07) is 0. The van der Waals surface area contributed by atoms with Crippen LogP contribution < -0.4 is 5.32 Å². The third-order valence-electron chi connectivity index (χ3n) is 4.34. The second-order valence-electron chi connectivity index (χ2n) is 7.24. The van der Waals surface area contributed by atoms with Crippen molar-refractivity contribution in [1.29, 1.82) is 0 Å². The first-order chi connectivity index (χ1) is 9.35. The molecule has 0 saturated heterocycles. The Labute approximate surface area is 122 Å². The molecule has 0 atom stereocenters. The summed E-state index contributed by atoms with van der Waals surface area (Å²) in [4.78, 5) is 8.05. The van der Waals surface area contributed by atoms with Crippen molar-refractivity contribution in [3.05, 3.63) is 17.7 Å². The fraction of sp³-hybridized carbons (Fsp3) is 0.812. The van der Waals surface area contributed by atoms with Gasteiger partial charge in [-0.3, -0.25) is 0 Å². The number of nitrogens with zero attached hydrogens (tertiary/aromatic N) is 1. The van der Waals surface area contributed by atoms with Gasteiger partial charge in [0.05, 0.1) is 0 Å². The molecule has 4 heteroatoms. The van der Waals surface area contributed by atoms with E-state index in [1.807, 2.05) is 13.3 Å². The maximum Gasteiger partial charge on any atom is 0.138 e. The lowest BCUT2D eigenvalue weighted by Gasteiger charge is -2.36. The zero-order valence-corrected chi connectivity index (χ0v) is 13.5. The van der Waals surface area contributed by atoms with Crippen molar-refractivity contribution in [3.8, 4) is 0 Å². The van der Waals surface area contributed by atoms with Crippen LogP contribution in [-0.4, -0.2) is 22.6 Å². The summed E-state index contributed by atoms with van der Waals surface area (Å²) < 4.78 is 5.86. The highest BCUT2D eigenvalue weighted by Gasteiger charge is 2.38. The van der Waals surface area contributed by atoms with Gasteiger partial charge in [0, 0.05) is 31.1 Å². The fourth-order valence-corrected chi connectivity index (χ4v) is 2.81. The van der Waals surface area contributed by atoms with Crippen LogP contribution in [0.15, 0.2) is 6.20 Å². The summed E-state index contributed by atoms with van der Waals surface area (Å²) in [5.74, 6) is 1.80. The maximum atomic E-state index is 5.86. The smallest absolute Gasteiger partial charge is 0.138 e. The minimum absolute atomic E-state index is 0.116. The SMILES string of the molecule is COC1(c2ncc(CNC(C)(C)C)[nH]2)CCC(C)CC1. The zero-order valence-electron chi connectivity index (χ0n) is 13.5. The average molecular weight is 279 g/mol. The molecule has 114 valence electrons. The van der Waals surface area contributed by atoms with Crippen LogP contribution in [0.4, 0.5) is 0 Å². The van der Waals surface area contributed by atoms with Gasteiger partial charge in [-0.15, -0.1) is 0 Å². The fourth-order valence-electron chi connectivity index (χ4n) is 2.81. The van der Waals surface area contributed by atoms with Gasteiger partial charge in [0.1, 0.15) is 11.4 Å². The average Bonchev–Trinajstić information content (AvgIpc) is 2.86. The summed E-state index contributed by atoms with van der Waals surface area (Å²) in [6.07, 6.45) is 6.48. The van der Waals surface area contributed by atoms with Crippen LogP contribution in [0.5, 0.6) is 0 Å². The van der Waals surface area contributed by atoms with Crippen molar-refractivity contribution in [2.24, 2.45) is 5.92 Å². The van der Waals surface area contributed by atoms with Crippen LogP contribution in [0.25, 0.3) is 0 Å². The standard InChI is InChI=1S/C16H29N3O/c1-12-6-8-16(20-5,9-7-12)14-17-10-13(19-14)11-18-15(2,3)4/h10,12,18H,6-9,11H2,1-5H3,(H,17,19). The number of imidazole rings is 1. The van der Waals surface area contributed by atoms with E-state index >= 15 is 0 Å². The molecule has 0 bridgehead atoms. The van der Waals surface area contributed by atoms with Crippen LogP contribution in [0.2, 0.25) is 0 Å². The third kappa shape index (κ3) is 3.61. The molecule has 20 heavy (non-hydrogen) atoms. The Balaban J connectivity index is 2.06. The Bertz CT molecular complexity index is 425. The predicted molar refractivity (Wildman–Crippen MR) is 81.5 cm³/mol. The summed E-state index contributed by atoms with van der Waals surface area (Å²) in [7, 11) is 1.81. The summed E-state index contributed by atoms with van der Waals surface area (Å²) in [5, 5.41) is 3.48. The van der Waals surface area contributed by atoms with Gasteiger partial charge in [0.2, 0.25) is 0 Å². The molecule has 1 aliphatic rings. The minimum Gasteiger partial charge on any atom is -0.370 e. The van der Waals surface area contributed by atoms with Crippen LogP contribution in [0.3, 0.4) is 0 Å². The number of aromatic amines is 1. The number of ether oxygens (including phenoxy) is 1. The summed E-state index contributed by atoms with van der Waals surface area (Å²) in [6.45, 7) is 9.64. The van der Waals surface area contributed by atoms with Crippen LogP contribution in [0.1, 0.15) is 64.9 Å². The third-order valence-corrected chi connectivity index (χ3v) is 4.34. The maximum absolute atomic E-state index is 5.86. The van der Waals surface area contributed by atoms with Gasteiger partial charge in [-0.25, -0.2) is 4.98 Å². The molecular formula is C16H29N3O. The molecule has 1 fully saturated rings. The number of H-pyrrole nitrogens is 1. The van der Waals surface area contributed by atoms with Crippen LogP contribution in [0, 0.1) is 5.92 Å². The van der Waals surface area contributed by atoms with Gasteiger partial charge >= 0.3 is 0 Å². The highest BCUT2D eigenvalue weighted by Crippen LogP contribution is 2.40. The number of methoxy groups -OCH3 is 1. The summed E-state index contributed by atoms with van der Waals surface area (Å²) in [5.41, 5.74) is 1.04. The molecule has 1 aromatic rings. The highest BCUT2D eigenvalue weighted by atomic mass is 16.5. The molecule has 0 radical (unpaired) electrons. The zero-order chi connectivity index (χ0) is 14.8. The van der Waals surface area contributed by atoms with Crippen LogP contribution in [-0.2, 0) is 16.9 Å². The van der Waals surface area contributed by atoms with E-state index in [2.05, 4.69) is 43.0 Å². The highest BCUT2D eigenvalue weighted by molar-refractivity contribution is 5.10. The second kappa shape index (κ2) is 5.86. The summed E-state index contributed by atoms with van der Waals surface area (Å²) >= 11 is 0. The van der Waals surface area contributed by atoms with E-state index in [0.717, 1.165) is 36.8 Å². The first kappa shape index (κ1) is 15.5. The van der Waals surface area contributed by atoms with Crippen molar-refractivity contribution in [1.82, 2.24) is 15.3 Å². The molecule has 2 rings (SSSR count). The lowest BCUT2D eigenvalue weighted by Crippen LogP contribution is -2.36. The van der Waals surface area contributed by atoms with Crippen molar-refractivity contribution >= 4 is 0 Å². The van der Waals surface area contributed by atoms with E-state index in [9.17, 15) is 0 Å². The Morgan fingerprint density at radius 1 is 1.40 bits per heavy atom. The van der Waals surface area contributed by atoms with E-state index in [4.69, 9.17) is 4.74 Å². The Hall–Kier alpha value is -0.870. The molecule has 0 unspecified atom stereocenters. The second-order valence-corrected chi connectivity index (χ2v) is 7.24. The lowest BCUT2D eigenvalue weighted by molar-refractivity contribution is -0.0592. The van der Waals surface area contributed by atoms with Crippen molar-refractivity contribution in [2.45, 2.75) is 71.1 Å². The van der Waals surface area contributed by atoms with Crippen molar-refractivity contribution < 1.29 is 4.74 Å². The van der Waals surface area contributed by atoms with E-state index in [1.165, 1.54) is 12.8 Å². The number of hydrogen-bond donors (Lipinski definition) is 2. The quantitative estimate of drug-likeness (QED) is 0.888. The normalized spacial score (nSPS) is 27.8. The van der Waals surface area contributed by atoms with Gasteiger partial charge < -0.3 is 15.0 Å². The molecular weight excluding hydrogens is 250 g/mol. The Morgan fingerprint density at radius 3 is 2.60 bits per heavy atom. The molecule has 0 amide bonds. The topological polar surface area (TPSA) is 49.9 Å². The number of aromatic nitrogens is 2. The number of hydrogen-bond acceptors (Lipinski definition) is 3. The van der Waals surface area contributed by atoms with E-state index in [-0.39, 0.29) is 11.1 Å². The van der Waals surface area contributed by atoms with Crippen molar-refractivity contribution in [3.63, 3.8) is 0 Å². The van der Waals surface area contributed by atoms with Crippen LogP contribution >= 0.6 is 0 Å². The number of nitrogens with one attached hydrogen (secondary N) is 2. The van der Waals surface area contributed by atoms with Gasteiger partial charge in [-0.2, -0.15) is 0 Å². The van der Waals surface area contributed by atoms with Gasteiger partial charge in [-0.1, -0.05) is 6.92 Å². The monoisotopic (exact) mass is 279 g/mol. The lowest BCUT2D eigenvalue weighted by atomic mass is 9.79. The molecule has 1 heterocycles. The first-order valence-electron chi connectivity index (χ1n) is 7.69. The largest absolute Gasteiger partial charge is 0.370 e. The molecule has 1 aliphatic carbocycles. The van der Waals surface area contributed by atoms with E-state index in [0.29, 0.717) is 0 Å². The van der Waals surface area contributed by atoms with Crippen molar-refractivity contribution in [2.75, 3.05) is 7.11 Å². The van der Waals surface area contributed by atoms with E-state index in [1.54, 1.807) is 0 Å². The molecule has 0 aliphatic heterocycles. The molecule has 0 spiro atoms. The first-order valence-corrected chi connectivity index (χ1v) is 7.69. The molecule has 2 N–H and O–H groups in total. The minimum atomic E-state index is -0.202. The van der Waals surface area contributed by atoms with Gasteiger partial charge in [-0.05, 0) is 52.4 Å². The van der Waals surface area contributed by atoms with E-state index < -0.39 is 0 Å². The molecule has 1 saturated carbocycles. The Morgan fingerprint density at radius 2 is 2.05 bits per heavy atom. The molecule has 0 aromatic carbocycles. The number of rotatable bonds is 4. The molecule has 4 nitrogen and oxygen atoms in total. The van der Waals surface area contributed by atoms with Gasteiger partial charge in [0.15, 0.2) is 0 Å². The van der Waals surface area contributed by atoms with Gasteiger partial charge in [0.25, 0.3) is 0 Å². The molecule has 1 aromatic heterocycles.